The molecule has 26 heavy (non-hydrogen) atoms. The Hall–Kier alpha value is -2.55. The first-order valence-electron chi connectivity index (χ1n) is 7.95. The van der Waals surface area contributed by atoms with Gasteiger partial charge in [0, 0.05) is 10.6 Å². The molecule has 0 saturated heterocycles. The van der Waals surface area contributed by atoms with Crippen LogP contribution in [0, 0.1) is 0 Å². The van der Waals surface area contributed by atoms with Crippen LogP contribution in [0.25, 0.3) is 0 Å². The average Bonchev–Trinajstić information content (AvgIpc) is 2.91. The lowest BCUT2D eigenvalue weighted by Crippen LogP contribution is -2.22. The van der Waals surface area contributed by atoms with E-state index in [-0.39, 0.29) is 5.69 Å². The molecule has 4 N–H and O–H groups in total. The van der Waals surface area contributed by atoms with Crippen LogP contribution >= 0.6 is 11.3 Å². The molecule has 1 heterocycles. The Bertz CT molecular complexity index is 861. The fourth-order valence-corrected chi connectivity index (χ4v) is 4.24. The maximum absolute atomic E-state index is 12.7. The lowest BCUT2D eigenvalue weighted by atomic mass is 9.95. The van der Waals surface area contributed by atoms with Crippen molar-refractivity contribution >= 4 is 34.0 Å². The van der Waals surface area contributed by atoms with E-state index >= 15 is 0 Å². The molecule has 0 bridgehead atoms. The number of fused-ring (bicyclic) bond motifs is 1. The van der Waals surface area contributed by atoms with Crippen LogP contribution in [0.15, 0.2) is 24.3 Å². The summed E-state index contributed by atoms with van der Waals surface area (Å²) in [6.45, 7) is 0. The number of urea groups is 1. The number of benzene rings is 1. The van der Waals surface area contributed by atoms with Crippen LogP contribution in [-0.4, -0.2) is 11.9 Å². The number of hydrogen-bond acceptors (Lipinski definition) is 3. The minimum atomic E-state index is -4.50. The van der Waals surface area contributed by atoms with Gasteiger partial charge in [0.05, 0.1) is 11.1 Å². The summed E-state index contributed by atoms with van der Waals surface area (Å²) in [6, 6.07) is 3.58. The van der Waals surface area contributed by atoms with E-state index in [2.05, 4.69) is 10.6 Å². The van der Waals surface area contributed by atoms with Crippen molar-refractivity contribution in [3.63, 3.8) is 0 Å². The topological polar surface area (TPSA) is 84.2 Å². The average molecular weight is 383 g/mol. The summed E-state index contributed by atoms with van der Waals surface area (Å²) in [6.07, 6.45) is -1.01. The van der Waals surface area contributed by atoms with Crippen molar-refractivity contribution in [1.29, 1.82) is 0 Å². The smallest absolute Gasteiger partial charge is 0.365 e. The molecule has 0 saturated carbocycles. The lowest BCUT2D eigenvalue weighted by Gasteiger charge is -2.11. The van der Waals surface area contributed by atoms with Gasteiger partial charge in [-0.2, -0.15) is 13.2 Å². The van der Waals surface area contributed by atoms with E-state index in [0.717, 1.165) is 48.3 Å². The quantitative estimate of drug-likeness (QED) is 0.734. The van der Waals surface area contributed by atoms with Crippen LogP contribution in [0.2, 0.25) is 0 Å². The predicted molar refractivity (Wildman–Crippen MR) is 93.6 cm³/mol. The van der Waals surface area contributed by atoms with E-state index in [1.54, 1.807) is 0 Å². The molecule has 0 fully saturated rings. The van der Waals surface area contributed by atoms with Gasteiger partial charge in [0.1, 0.15) is 5.00 Å². The van der Waals surface area contributed by atoms with Crippen molar-refractivity contribution < 1.29 is 22.8 Å². The molecule has 2 aromatic rings. The maximum Gasteiger partial charge on any atom is 0.416 e. The van der Waals surface area contributed by atoms with E-state index in [0.29, 0.717) is 10.6 Å². The Labute approximate surface area is 151 Å². The highest BCUT2D eigenvalue weighted by molar-refractivity contribution is 7.17. The third-order valence-electron chi connectivity index (χ3n) is 4.09. The maximum atomic E-state index is 12.7. The molecule has 138 valence electrons. The number of amides is 3. The van der Waals surface area contributed by atoms with Crippen molar-refractivity contribution in [2.24, 2.45) is 5.73 Å². The van der Waals surface area contributed by atoms with E-state index in [1.807, 2.05) is 0 Å². The molecule has 0 unspecified atom stereocenters. The zero-order chi connectivity index (χ0) is 18.9. The molecule has 1 aromatic carbocycles. The summed E-state index contributed by atoms with van der Waals surface area (Å²) in [5, 5.41) is 5.22. The van der Waals surface area contributed by atoms with Gasteiger partial charge in [0.15, 0.2) is 0 Å². The lowest BCUT2D eigenvalue weighted by molar-refractivity contribution is -0.137. The summed E-state index contributed by atoms with van der Waals surface area (Å²) in [5.74, 6) is -0.626. The van der Waals surface area contributed by atoms with Gasteiger partial charge >= 0.3 is 12.2 Å². The summed E-state index contributed by atoms with van der Waals surface area (Å²) < 4.78 is 38.2. The van der Waals surface area contributed by atoms with Crippen molar-refractivity contribution in [2.45, 2.75) is 31.9 Å². The Kier molecular flexibility index (Phi) is 4.90. The highest BCUT2D eigenvalue weighted by Crippen LogP contribution is 2.38. The number of halogens is 3. The summed E-state index contributed by atoms with van der Waals surface area (Å²) in [5.41, 5.74) is 5.75. The van der Waals surface area contributed by atoms with Gasteiger partial charge in [0.25, 0.3) is 5.91 Å². The molecule has 0 spiro atoms. The number of anilines is 2. The van der Waals surface area contributed by atoms with Crippen LogP contribution in [0.3, 0.4) is 0 Å². The first-order valence-corrected chi connectivity index (χ1v) is 8.77. The van der Waals surface area contributed by atoms with E-state index in [1.165, 1.54) is 23.5 Å². The van der Waals surface area contributed by atoms with Gasteiger partial charge in [-0.15, -0.1) is 11.3 Å². The second-order valence-electron chi connectivity index (χ2n) is 5.94. The van der Waals surface area contributed by atoms with Gasteiger partial charge < -0.3 is 11.1 Å². The van der Waals surface area contributed by atoms with Crippen molar-refractivity contribution in [3.05, 3.63) is 45.8 Å². The first-order chi connectivity index (χ1) is 12.3. The minimum absolute atomic E-state index is 0.000676. The van der Waals surface area contributed by atoms with Gasteiger partial charge in [-0.1, -0.05) is 6.07 Å². The second-order valence-corrected chi connectivity index (χ2v) is 7.04. The third kappa shape index (κ3) is 3.82. The summed E-state index contributed by atoms with van der Waals surface area (Å²) in [4.78, 5) is 25.0. The van der Waals surface area contributed by atoms with Crippen molar-refractivity contribution in [3.8, 4) is 0 Å². The van der Waals surface area contributed by atoms with Crippen LogP contribution in [0.5, 0.6) is 0 Å². The number of thiophene rings is 1. The SMILES string of the molecule is NC(=O)c1c(NC(=O)Nc2cccc(C(F)(F)F)c2)sc2c1CCCC2. The van der Waals surface area contributed by atoms with E-state index in [9.17, 15) is 22.8 Å². The Morgan fingerprint density at radius 3 is 2.54 bits per heavy atom. The number of rotatable bonds is 3. The Morgan fingerprint density at radius 2 is 1.85 bits per heavy atom. The molecular formula is C17H16F3N3O2S. The number of alkyl halides is 3. The number of carbonyl (C=O) groups excluding carboxylic acids is 2. The Morgan fingerprint density at radius 1 is 1.12 bits per heavy atom. The zero-order valence-electron chi connectivity index (χ0n) is 13.6. The first kappa shape index (κ1) is 18.2. The predicted octanol–water partition coefficient (Wildman–Crippen LogP) is 4.39. The molecule has 0 atom stereocenters. The van der Waals surface area contributed by atoms with Crippen molar-refractivity contribution in [2.75, 3.05) is 10.6 Å². The van der Waals surface area contributed by atoms with Crippen LogP contribution in [-0.2, 0) is 19.0 Å². The van der Waals surface area contributed by atoms with Gasteiger partial charge in [-0.3, -0.25) is 10.1 Å². The fraction of sp³-hybridized carbons (Fsp3) is 0.294. The number of aryl methyl sites for hydroxylation is 1. The Balaban J connectivity index is 1.79. The van der Waals surface area contributed by atoms with E-state index in [4.69, 9.17) is 5.73 Å². The molecular weight excluding hydrogens is 367 g/mol. The molecule has 0 radical (unpaired) electrons. The molecule has 0 aliphatic heterocycles. The molecule has 3 amide bonds. The number of carbonyl (C=O) groups is 2. The number of hydrogen-bond donors (Lipinski definition) is 3. The standard InChI is InChI=1S/C17H16F3N3O2S/c18-17(19,20)9-4-3-5-10(8-9)22-16(25)23-15-13(14(21)24)11-6-1-2-7-12(11)26-15/h3-5,8H,1-2,6-7H2,(H2,21,24)(H2,22,23,25). The highest BCUT2D eigenvalue weighted by atomic mass is 32.1. The van der Waals surface area contributed by atoms with Gasteiger partial charge in [-0.05, 0) is 49.4 Å². The van der Waals surface area contributed by atoms with Crippen LogP contribution < -0.4 is 16.4 Å². The highest BCUT2D eigenvalue weighted by Gasteiger charge is 2.30. The molecule has 5 nitrogen and oxygen atoms in total. The fourth-order valence-electron chi connectivity index (χ4n) is 2.95. The monoisotopic (exact) mass is 383 g/mol. The number of nitrogens with one attached hydrogen (secondary N) is 2. The zero-order valence-corrected chi connectivity index (χ0v) is 14.4. The van der Waals surface area contributed by atoms with Gasteiger partial charge in [-0.25, -0.2) is 4.79 Å². The summed E-state index contributed by atoms with van der Waals surface area (Å²) in [7, 11) is 0. The van der Waals surface area contributed by atoms with Crippen LogP contribution in [0.4, 0.5) is 28.7 Å². The van der Waals surface area contributed by atoms with E-state index < -0.39 is 23.7 Å². The summed E-state index contributed by atoms with van der Waals surface area (Å²) >= 11 is 1.28. The molecule has 9 heteroatoms. The third-order valence-corrected chi connectivity index (χ3v) is 5.30. The molecule has 1 aromatic heterocycles. The minimum Gasteiger partial charge on any atom is -0.365 e. The molecule has 1 aliphatic carbocycles. The van der Waals surface area contributed by atoms with Crippen molar-refractivity contribution in [1.82, 2.24) is 0 Å². The van der Waals surface area contributed by atoms with Crippen LogP contribution in [0.1, 0.15) is 39.2 Å². The molecule has 1 aliphatic rings. The number of nitrogens with two attached hydrogens (primary N) is 1. The largest absolute Gasteiger partial charge is 0.416 e. The molecule has 3 rings (SSSR count). The normalized spacial score (nSPS) is 13.8. The second kappa shape index (κ2) is 6.99. The van der Waals surface area contributed by atoms with Gasteiger partial charge in [0.2, 0.25) is 0 Å². The number of primary amides is 1.